The molecule has 0 bridgehead atoms. The van der Waals surface area contributed by atoms with Gasteiger partial charge in [-0.3, -0.25) is 14.7 Å². The fourth-order valence-electron chi connectivity index (χ4n) is 2.83. The van der Waals surface area contributed by atoms with Crippen LogP contribution in [0.25, 0.3) is 22.4 Å². The number of aromatic nitrogens is 2. The lowest BCUT2D eigenvalue weighted by atomic mass is 10.2. The van der Waals surface area contributed by atoms with Crippen LogP contribution in [0.4, 0.5) is 10.1 Å². The van der Waals surface area contributed by atoms with Crippen molar-refractivity contribution in [3.8, 4) is 11.3 Å². The van der Waals surface area contributed by atoms with E-state index in [0.29, 0.717) is 40.8 Å². The largest absolute Gasteiger partial charge is 0.431 e. The van der Waals surface area contributed by atoms with Gasteiger partial charge in [0, 0.05) is 30.0 Å². The van der Waals surface area contributed by atoms with Crippen LogP contribution in [0.15, 0.2) is 67.5 Å². The average Bonchev–Trinajstić information content (AvgIpc) is 3.29. The number of nitro benzene ring substituents is 1. The van der Waals surface area contributed by atoms with E-state index in [9.17, 15) is 19.3 Å². The van der Waals surface area contributed by atoms with Crippen LogP contribution in [0.2, 0.25) is 0 Å². The number of hydrogen-bond donors (Lipinski definition) is 0. The van der Waals surface area contributed by atoms with Crippen LogP contribution in [0.3, 0.4) is 0 Å². The van der Waals surface area contributed by atoms with Crippen molar-refractivity contribution in [2.45, 2.75) is 18.2 Å². The Morgan fingerprint density at radius 1 is 1.17 bits per heavy atom. The Bertz CT molecular complexity index is 1230. The fourth-order valence-corrected chi connectivity index (χ4v) is 3.55. The van der Waals surface area contributed by atoms with Crippen LogP contribution in [0.1, 0.15) is 6.42 Å². The molecule has 0 atom stereocenters. The number of benzene rings is 2. The van der Waals surface area contributed by atoms with Gasteiger partial charge in [-0.2, -0.15) is 0 Å². The van der Waals surface area contributed by atoms with E-state index in [1.54, 1.807) is 18.3 Å². The van der Waals surface area contributed by atoms with E-state index in [2.05, 4.69) is 4.98 Å². The molecular formula is C19H14FN3O5S. The number of thioether (sulfide) groups is 1. The molecule has 8 nitrogen and oxygen atoms in total. The van der Waals surface area contributed by atoms with Crippen molar-refractivity contribution >= 4 is 28.5 Å². The number of halogens is 1. The fraction of sp³-hybridized carbons (Fsp3) is 0.158. The number of oxazole rings is 2. The van der Waals surface area contributed by atoms with Gasteiger partial charge < -0.3 is 8.83 Å². The first-order valence-corrected chi connectivity index (χ1v) is 9.62. The third-order valence-electron chi connectivity index (χ3n) is 4.23. The zero-order valence-corrected chi connectivity index (χ0v) is 15.7. The van der Waals surface area contributed by atoms with Crippen molar-refractivity contribution in [1.82, 2.24) is 9.55 Å². The number of non-ortho nitro benzene ring substituents is 1. The summed E-state index contributed by atoms with van der Waals surface area (Å²) >= 11 is 1.37. The number of nitro groups is 1. The van der Waals surface area contributed by atoms with E-state index >= 15 is 0 Å². The Kier molecular flexibility index (Phi) is 5.17. The van der Waals surface area contributed by atoms with Crippen molar-refractivity contribution < 1.29 is 18.1 Å². The summed E-state index contributed by atoms with van der Waals surface area (Å²) in [4.78, 5) is 26.7. The van der Waals surface area contributed by atoms with E-state index in [1.807, 2.05) is 0 Å². The highest BCUT2D eigenvalue weighted by Crippen LogP contribution is 2.26. The highest BCUT2D eigenvalue weighted by atomic mass is 32.2. The predicted molar refractivity (Wildman–Crippen MR) is 104 cm³/mol. The summed E-state index contributed by atoms with van der Waals surface area (Å²) in [5.74, 6) is 0.268. The molecule has 0 unspecified atom stereocenters. The molecule has 2 aromatic heterocycles. The molecule has 2 aromatic carbocycles. The monoisotopic (exact) mass is 415 g/mol. The summed E-state index contributed by atoms with van der Waals surface area (Å²) < 4.78 is 25.2. The van der Waals surface area contributed by atoms with Crippen molar-refractivity contribution in [3.63, 3.8) is 0 Å². The SMILES string of the molecule is O=c1oc2ccc([N+](=O)[O-])cc2n1CCCSc1ncc(-c2ccc(F)cc2)o1. The quantitative estimate of drug-likeness (QED) is 0.190. The van der Waals surface area contributed by atoms with Crippen molar-refractivity contribution in [1.29, 1.82) is 0 Å². The molecule has 2 heterocycles. The first-order valence-electron chi connectivity index (χ1n) is 8.63. The normalized spacial score (nSPS) is 11.2. The Morgan fingerprint density at radius 2 is 1.97 bits per heavy atom. The smallest absolute Gasteiger partial charge is 0.419 e. The molecule has 4 rings (SSSR count). The maximum absolute atomic E-state index is 13.0. The van der Waals surface area contributed by atoms with Gasteiger partial charge in [-0.15, -0.1) is 0 Å². The van der Waals surface area contributed by atoms with Crippen LogP contribution in [-0.4, -0.2) is 20.2 Å². The van der Waals surface area contributed by atoms with Gasteiger partial charge >= 0.3 is 5.76 Å². The minimum Gasteiger partial charge on any atom is -0.431 e. The molecule has 0 fully saturated rings. The molecular weight excluding hydrogens is 401 g/mol. The molecule has 148 valence electrons. The molecule has 0 amide bonds. The number of aryl methyl sites for hydroxylation is 1. The average molecular weight is 415 g/mol. The second-order valence-electron chi connectivity index (χ2n) is 6.13. The molecule has 0 aliphatic heterocycles. The van der Waals surface area contributed by atoms with Crippen LogP contribution >= 0.6 is 11.8 Å². The van der Waals surface area contributed by atoms with Gasteiger partial charge in [-0.1, -0.05) is 11.8 Å². The van der Waals surface area contributed by atoms with Gasteiger partial charge in [-0.25, -0.2) is 14.2 Å². The molecule has 0 radical (unpaired) electrons. The molecule has 0 saturated heterocycles. The molecule has 4 aromatic rings. The first kappa shape index (κ1) is 18.9. The van der Waals surface area contributed by atoms with Gasteiger partial charge in [0.15, 0.2) is 11.3 Å². The predicted octanol–water partition coefficient (Wildman–Crippen LogP) is 4.48. The summed E-state index contributed by atoms with van der Waals surface area (Å²) in [5.41, 5.74) is 1.33. The summed E-state index contributed by atoms with van der Waals surface area (Å²) in [6.45, 7) is 0.339. The second kappa shape index (κ2) is 7.92. The van der Waals surface area contributed by atoms with E-state index in [4.69, 9.17) is 8.83 Å². The van der Waals surface area contributed by atoms with Gasteiger partial charge in [-0.05, 0) is 36.8 Å². The molecule has 0 N–H and O–H groups in total. The Hall–Kier alpha value is -3.40. The lowest BCUT2D eigenvalue weighted by Crippen LogP contribution is -2.14. The number of rotatable bonds is 7. The van der Waals surface area contributed by atoms with Crippen LogP contribution in [0, 0.1) is 15.9 Å². The minimum atomic E-state index is -0.555. The van der Waals surface area contributed by atoms with Gasteiger partial charge in [0.25, 0.3) is 10.9 Å². The third-order valence-corrected chi connectivity index (χ3v) is 5.16. The highest BCUT2D eigenvalue weighted by Gasteiger charge is 2.14. The number of hydrogen-bond acceptors (Lipinski definition) is 7. The zero-order chi connectivity index (χ0) is 20.4. The Labute approximate surface area is 167 Å². The molecule has 0 saturated carbocycles. The van der Waals surface area contributed by atoms with E-state index in [-0.39, 0.29) is 11.5 Å². The summed E-state index contributed by atoms with van der Waals surface area (Å²) in [7, 11) is 0. The van der Waals surface area contributed by atoms with Crippen molar-refractivity contribution in [2.75, 3.05) is 5.75 Å². The lowest BCUT2D eigenvalue weighted by molar-refractivity contribution is -0.384. The Balaban J connectivity index is 1.39. The molecule has 0 spiro atoms. The van der Waals surface area contributed by atoms with Crippen LogP contribution < -0.4 is 5.76 Å². The summed E-state index contributed by atoms with van der Waals surface area (Å²) in [6, 6.07) is 9.97. The number of nitrogens with zero attached hydrogens (tertiary/aromatic N) is 3. The lowest BCUT2D eigenvalue weighted by Gasteiger charge is -2.01. The van der Waals surface area contributed by atoms with Crippen LogP contribution in [-0.2, 0) is 6.54 Å². The van der Waals surface area contributed by atoms with E-state index in [1.165, 1.54) is 46.7 Å². The van der Waals surface area contributed by atoms with Crippen molar-refractivity contribution in [3.05, 3.63) is 75.1 Å². The minimum absolute atomic E-state index is 0.102. The zero-order valence-electron chi connectivity index (χ0n) is 14.9. The summed E-state index contributed by atoms with van der Waals surface area (Å²) in [6.07, 6.45) is 2.17. The topological polar surface area (TPSA) is 104 Å². The van der Waals surface area contributed by atoms with Gasteiger partial charge in [0.2, 0.25) is 0 Å². The standard InChI is InChI=1S/C19H14FN3O5S/c20-13-4-2-12(3-5-13)17-11-21-18(27-17)29-9-1-8-22-15-10-14(23(25)26)6-7-16(15)28-19(22)24/h2-7,10-11H,1,8-9H2. The molecule has 29 heavy (non-hydrogen) atoms. The van der Waals surface area contributed by atoms with E-state index < -0.39 is 10.7 Å². The molecule has 10 heteroatoms. The number of fused-ring (bicyclic) bond motifs is 1. The molecule has 0 aliphatic rings. The maximum atomic E-state index is 13.0. The van der Waals surface area contributed by atoms with Gasteiger partial charge in [0.1, 0.15) is 5.82 Å². The molecule has 0 aliphatic carbocycles. The van der Waals surface area contributed by atoms with Gasteiger partial charge in [0.05, 0.1) is 16.6 Å². The van der Waals surface area contributed by atoms with E-state index in [0.717, 1.165) is 5.56 Å². The third kappa shape index (κ3) is 4.06. The van der Waals surface area contributed by atoms with Crippen LogP contribution in [0.5, 0.6) is 0 Å². The highest BCUT2D eigenvalue weighted by molar-refractivity contribution is 7.99. The first-order chi connectivity index (χ1) is 14.0. The Morgan fingerprint density at radius 3 is 2.72 bits per heavy atom. The second-order valence-corrected chi connectivity index (χ2v) is 7.17. The maximum Gasteiger partial charge on any atom is 0.419 e. The summed E-state index contributed by atoms with van der Waals surface area (Å²) in [5, 5.41) is 11.4. The van der Waals surface area contributed by atoms with Crippen molar-refractivity contribution in [2.24, 2.45) is 0 Å².